The molecular weight excluding hydrogens is 324 g/mol. The van der Waals surface area contributed by atoms with Crippen molar-refractivity contribution >= 4 is 23.9 Å². The highest BCUT2D eigenvalue weighted by Gasteiger charge is 2.53. The van der Waals surface area contributed by atoms with E-state index >= 15 is 0 Å². The van der Waals surface area contributed by atoms with Crippen molar-refractivity contribution in [2.75, 3.05) is 19.8 Å². The van der Waals surface area contributed by atoms with Crippen LogP contribution in [-0.4, -0.2) is 61.0 Å². The molecule has 2 unspecified atom stereocenters. The number of esters is 4. The summed E-state index contributed by atoms with van der Waals surface area (Å²) in [6.45, 7) is 5.57. The number of ether oxygens (including phenoxy) is 4. The lowest BCUT2D eigenvalue weighted by Crippen LogP contribution is -2.56. The van der Waals surface area contributed by atoms with Gasteiger partial charge in [-0.25, -0.2) is 9.59 Å². The number of hydrogen-bond donors (Lipinski definition) is 1. The molecule has 9 heteroatoms. The molecule has 24 heavy (non-hydrogen) atoms. The molecule has 138 valence electrons. The van der Waals surface area contributed by atoms with Crippen molar-refractivity contribution in [1.82, 2.24) is 0 Å². The van der Waals surface area contributed by atoms with Crippen LogP contribution in [0.1, 0.15) is 34.6 Å². The maximum absolute atomic E-state index is 12.2. The molecule has 0 aromatic heterocycles. The molecule has 0 saturated heterocycles. The maximum atomic E-state index is 12.2. The van der Waals surface area contributed by atoms with Crippen molar-refractivity contribution in [3.05, 3.63) is 0 Å². The minimum absolute atomic E-state index is 0.0181. The number of aliphatic hydroxyl groups excluding tert-OH is 1. The van der Waals surface area contributed by atoms with Gasteiger partial charge in [0.25, 0.3) is 0 Å². The molecule has 0 aliphatic rings. The van der Waals surface area contributed by atoms with Gasteiger partial charge in [-0.15, -0.1) is 0 Å². The third-order valence-corrected chi connectivity index (χ3v) is 3.11. The van der Waals surface area contributed by atoms with Gasteiger partial charge in [0.2, 0.25) is 12.2 Å². The molecule has 0 heterocycles. The summed E-state index contributed by atoms with van der Waals surface area (Å²) < 4.78 is 19.5. The first kappa shape index (κ1) is 21.8. The molecule has 9 nitrogen and oxygen atoms in total. The van der Waals surface area contributed by atoms with Gasteiger partial charge in [0.1, 0.15) is 0 Å². The predicted octanol–water partition coefficient (Wildman–Crippen LogP) is -0.0254. The second-order valence-electron chi connectivity index (χ2n) is 5.15. The van der Waals surface area contributed by atoms with Crippen LogP contribution in [0.15, 0.2) is 0 Å². The summed E-state index contributed by atoms with van der Waals surface area (Å²) in [5.74, 6) is -3.63. The average Bonchev–Trinajstić information content (AvgIpc) is 2.49. The fourth-order valence-electron chi connectivity index (χ4n) is 1.98. The van der Waals surface area contributed by atoms with Gasteiger partial charge in [0.05, 0.1) is 25.2 Å². The Hall–Kier alpha value is -2.16. The van der Waals surface area contributed by atoms with E-state index in [0.29, 0.717) is 0 Å². The van der Waals surface area contributed by atoms with E-state index in [2.05, 4.69) is 0 Å². The Morgan fingerprint density at radius 2 is 1.21 bits per heavy atom. The molecule has 0 rings (SSSR count). The minimum Gasteiger partial charge on any atom is -0.463 e. The Bertz CT molecular complexity index is 434. The Labute approximate surface area is 140 Å². The van der Waals surface area contributed by atoms with Crippen LogP contribution >= 0.6 is 0 Å². The van der Waals surface area contributed by atoms with E-state index in [9.17, 15) is 24.3 Å². The molecular formula is C15H24O9. The summed E-state index contributed by atoms with van der Waals surface area (Å²) in [7, 11) is 0. The molecule has 0 saturated carbocycles. The van der Waals surface area contributed by atoms with Gasteiger partial charge in [0.15, 0.2) is 0 Å². The first-order valence-corrected chi connectivity index (χ1v) is 7.42. The van der Waals surface area contributed by atoms with E-state index in [1.807, 2.05) is 0 Å². The summed E-state index contributed by atoms with van der Waals surface area (Å²) in [4.78, 5) is 47.0. The van der Waals surface area contributed by atoms with Crippen molar-refractivity contribution in [3.63, 3.8) is 0 Å². The Morgan fingerprint density at radius 3 is 1.42 bits per heavy atom. The van der Waals surface area contributed by atoms with Crippen LogP contribution < -0.4 is 0 Å². The normalized spacial score (nSPS) is 15.4. The number of aliphatic hydroxyl groups is 1. The van der Waals surface area contributed by atoms with Gasteiger partial charge in [-0.05, 0) is 20.8 Å². The van der Waals surface area contributed by atoms with Crippen molar-refractivity contribution in [2.45, 2.75) is 46.8 Å². The zero-order valence-corrected chi connectivity index (χ0v) is 14.5. The van der Waals surface area contributed by atoms with E-state index in [4.69, 9.17) is 18.9 Å². The van der Waals surface area contributed by atoms with Gasteiger partial charge in [-0.3, -0.25) is 9.59 Å². The van der Waals surface area contributed by atoms with E-state index in [1.165, 1.54) is 20.8 Å². The van der Waals surface area contributed by atoms with Gasteiger partial charge < -0.3 is 24.1 Å². The summed E-state index contributed by atoms with van der Waals surface area (Å²) in [5.41, 5.74) is -1.80. The second-order valence-corrected chi connectivity index (χ2v) is 5.15. The van der Waals surface area contributed by atoms with Crippen LogP contribution in [0, 0.1) is 5.41 Å². The quantitative estimate of drug-likeness (QED) is 0.451. The van der Waals surface area contributed by atoms with Gasteiger partial charge in [-0.1, -0.05) is 0 Å². The van der Waals surface area contributed by atoms with Crippen molar-refractivity contribution in [3.8, 4) is 0 Å². The SMILES string of the molecule is CCOC(=O)C(OC(C)=O)C(C)(CO)C(OC(C)=O)C(=O)OCC. The molecule has 0 aromatic rings. The number of rotatable bonds is 9. The lowest BCUT2D eigenvalue weighted by atomic mass is 9.78. The molecule has 0 aromatic carbocycles. The molecule has 1 N–H and O–H groups in total. The van der Waals surface area contributed by atoms with Crippen LogP contribution in [-0.2, 0) is 38.1 Å². The third kappa shape index (κ3) is 5.80. The van der Waals surface area contributed by atoms with Gasteiger partial charge >= 0.3 is 23.9 Å². The van der Waals surface area contributed by atoms with Crippen LogP contribution in [0.25, 0.3) is 0 Å². The molecule has 0 radical (unpaired) electrons. The lowest BCUT2D eigenvalue weighted by Gasteiger charge is -2.37. The number of carbonyl (C=O) groups is 4. The van der Waals surface area contributed by atoms with Crippen molar-refractivity contribution < 1.29 is 43.2 Å². The highest BCUT2D eigenvalue weighted by Crippen LogP contribution is 2.32. The highest BCUT2D eigenvalue weighted by atomic mass is 16.6. The number of carbonyl (C=O) groups excluding carboxylic acids is 4. The van der Waals surface area contributed by atoms with E-state index in [0.717, 1.165) is 13.8 Å². The summed E-state index contributed by atoms with van der Waals surface area (Å²) >= 11 is 0. The molecule has 0 bridgehead atoms. The van der Waals surface area contributed by atoms with Crippen LogP contribution in [0.4, 0.5) is 0 Å². The maximum Gasteiger partial charge on any atom is 0.348 e. The van der Waals surface area contributed by atoms with Crippen molar-refractivity contribution in [1.29, 1.82) is 0 Å². The van der Waals surface area contributed by atoms with Crippen LogP contribution in [0.5, 0.6) is 0 Å². The van der Waals surface area contributed by atoms with E-state index < -0.39 is 48.1 Å². The molecule has 0 aliphatic heterocycles. The zero-order valence-electron chi connectivity index (χ0n) is 14.5. The molecule has 0 amide bonds. The predicted molar refractivity (Wildman–Crippen MR) is 79.6 cm³/mol. The fourth-order valence-corrected chi connectivity index (χ4v) is 1.98. The summed E-state index contributed by atoms with van der Waals surface area (Å²) in [6.07, 6.45) is -3.34. The van der Waals surface area contributed by atoms with E-state index in [-0.39, 0.29) is 13.2 Å². The van der Waals surface area contributed by atoms with Crippen LogP contribution in [0.3, 0.4) is 0 Å². The Balaban J connectivity index is 5.93. The van der Waals surface area contributed by atoms with Gasteiger partial charge in [0, 0.05) is 13.8 Å². The van der Waals surface area contributed by atoms with Crippen LogP contribution in [0.2, 0.25) is 0 Å². The minimum atomic E-state index is -1.80. The largest absolute Gasteiger partial charge is 0.463 e. The Morgan fingerprint density at radius 1 is 0.875 bits per heavy atom. The smallest absolute Gasteiger partial charge is 0.348 e. The summed E-state index contributed by atoms with van der Waals surface area (Å²) in [5, 5.41) is 9.79. The zero-order chi connectivity index (χ0) is 18.9. The van der Waals surface area contributed by atoms with E-state index in [1.54, 1.807) is 0 Å². The first-order chi connectivity index (χ1) is 11.1. The fraction of sp³-hybridized carbons (Fsp3) is 0.733. The lowest BCUT2D eigenvalue weighted by molar-refractivity contribution is -0.200. The van der Waals surface area contributed by atoms with Gasteiger partial charge in [-0.2, -0.15) is 0 Å². The van der Waals surface area contributed by atoms with Crippen molar-refractivity contribution in [2.24, 2.45) is 5.41 Å². The summed E-state index contributed by atoms with van der Waals surface area (Å²) in [6, 6.07) is 0. The molecule has 0 fully saturated rings. The second kappa shape index (κ2) is 9.86. The third-order valence-electron chi connectivity index (χ3n) is 3.11. The topological polar surface area (TPSA) is 125 Å². The number of hydrogen-bond acceptors (Lipinski definition) is 9. The highest BCUT2D eigenvalue weighted by molar-refractivity contribution is 5.84. The molecule has 0 spiro atoms. The monoisotopic (exact) mass is 348 g/mol. The molecule has 0 aliphatic carbocycles. The standard InChI is InChI=1S/C15H24O9/c1-6-21-13(19)11(23-9(3)17)15(5,8-16)12(24-10(4)18)14(20)22-7-2/h11-12,16H,6-8H2,1-5H3. The average molecular weight is 348 g/mol. The first-order valence-electron chi connectivity index (χ1n) is 7.42. The molecule has 2 atom stereocenters. The Kier molecular flexibility index (Phi) is 8.97.